The van der Waals surface area contributed by atoms with E-state index in [4.69, 9.17) is 4.84 Å². The van der Waals surface area contributed by atoms with Crippen LogP contribution in [-0.2, 0) is 14.9 Å². The summed E-state index contributed by atoms with van der Waals surface area (Å²) in [6.07, 6.45) is 3.37. The molecule has 2 aliphatic rings. The van der Waals surface area contributed by atoms with Gasteiger partial charge >= 0.3 is 0 Å². The normalized spacial score (nSPS) is 18.8. The molecule has 1 aromatic rings. The molecule has 10 heteroatoms. The molecule has 2 heterocycles. The van der Waals surface area contributed by atoms with Gasteiger partial charge in [-0.1, -0.05) is 11.2 Å². The first-order valence-corrected chi connectivity index (χ1v) is 9.00. The molecule has 6 nitrogen and oxygen atoms in total. The van der Waals surface area contributed by atoms with E-state index in [1.54, 1.807) is 6.07 Å². The number of hydrogen-bond donors (Lipinski definition) is 2. The second-order valence-electron chi connectivity index (χ2n) is 5.81. The summed E-state index contributed by atoms with van der Waals surface area (Å²) in [7, 11) is -3.51. The topological polar surface area (TPSA) is 79.8 Å². The van der Waals surface area contributed by atoms with E-state index in [1.165, 1.54) is 12.1 Å². The zero-order valence-electron chi connectivity index (χ0n) is 13.0. The third-order valence-corrected chi connectivity index (χ3v) is 4.54. The molecule has 1 spiro atoms. The number of hydrogen-bond acceptors (Lipinski definition) is 5. The minimum absolute atomic E-state index is 0. The van der Waals surface area contributed by atoms with Crippen molar-refractivity contribution in [1.82, 2.24) is 5.32 Å². The predicted molar refractivity (Wildman–Crippen MR) is 96.4 cm³/mol. The standard InChI is InChI=1S/C14H18FN3O3S.2ClH/c1-22(19,20)18-12-3-2-10(8-11(12)15)13-9-14(21-17-13)4-6-16-7-5-14;;/h2-3,8,16,18H,4-7,9H2,1H3;2*1H. The van der Waals surface area contributed by atoms with Gasteiger partial charge in [0, 0.05) is 24.8 Å². The molecule has 0 amide bonds. The van der Waals surface area contributed by atoms with E-state index in [1.807, 2.05) is 0 Å². The number of sulfonamides is 1. The van der Waals surface area contributed by atoms with Crippen LogP contribution in [0.25, 0.3) is 0 Å². The Hall–Kier alpha value is -1.09. The molecule has 0 unspecified atom stereocenters. The molecule has 0 saturated carbocycles. The Morgan fingerprint density at radius 3 is 2.54 bits per heavy atom. The van der Waals surface area contributed by atoms with Gasteiger partial charge in [-0.25, -0.2) is 12.8 Å². The van der Waals surface area contributed by atoms with Crippen LogP contribution in [0.15, 0.2) is 23.4 Å². The van der Waals surface area contributed by atoms with Crippen LogP contribution in [0.2, 0.25) is 0 Å². The third-order valence-electron chi connectivity index (χ3n) is 3.95. The summed E-state index contributed by atoms with van der Waals surface area (Å²) in [5.74, 6) is -0.628. The van der Waals surface area contributed by atoms with Crippen molar-refractivity contribution >= 4 is 46.2 Å². The summed E-state index contributed by atoms with van der Waals surface area (Å²) in [6, 6.07) is 4.34. The van der Waals surface area contributed by atoms with Crippen LogP contribution in [-0.4, -0.2) is 39.1 Å². The predicted octanol–water partition coefficient (Wildman–Crippen LogP) is 2.29. The SMILES string of the molecule is CS(=O)(=O)Nc1ccc(C2=NOC3(CCNCC3)C2)cc1F.Cl.Cl. The quantitative estimate of drug-likeness (QED) is 0.816. The Balaban J connectivity index is 0.00000144. The lowest BCUT2D eigenvalue weighted by atomic mass is 9.86. The van der Waals surface area contributed by atoms with Crippen molar-refractivity contribution in [2.24, 2.45) is 5.16 Å². The van der Waals surface area contributed by atoms with Crippen LogP contribution < -0.4 is 10.0 Å². The Morgan fingerprint density at radius 1 is 1.29 bits per heavy atom. The molecule has 3 rings (SSSR count). The maximum Gasteiger partial charge on any atom is 0.229 e. The summed E-state index contributed by atoms with van der Waals surface area (Å²) >= 11 is 0. The molecule has 1 fully saturated rings. The third kappa shape index (κ3) is 4.72. The molecule has 1 saturated heterocycles. The maximum absolute atomic E-state index is 14.0. The van der Waals surface area contributed by atoms with Gasteiger partial charge in [0.15, 0.2) is 0 Å². The number of anilines is 1. The van der Waals surface area contributed by atoms with Gasteiger partial charge in [0.05, 0.1) is 17.7 Å². The van der Waals surface area contributed by atoms with Crippen molar-refractivity contribution < 1.29 is 17.6 Å². The van der Waals surface area contributed by atoms with Crippen LogP contribution in [0.5, 0.6) is 0 Å². The van der Waals surface area contributed by atoms with Crippen molar-refractivity contribution in [3.8, 4) is 0 Å². The number of nitrogens with one attached hydrogen (secondary N) is 2. The Labute approximate surface area is 153 Å². The van der Waals surface area contributed by atoms with Crippen LogP contribution in [0, 0.1) is 5.82 Å². The monoisotopic (exact) mass is 399 g/mol. The van der Waals surface area contributed by atoms with Crippen molar-refractivity contribution in [2.45, 2.75) is 24.9 Å². The van der Waals surface area contributed by atoms with Crippen LogP contribution in [0.1, 0.15) is 24.8 Å². The number of piperidine rings is 1. The van der Waals surface area contributed by atoms with E-state index in [2.05, 4.69) is 15.2 Å². The van der Waals surface area contributed by atoms with Crippen LogP contribution in [0.4, 0.5) is 10.1 Å². The highest BCUT2D eigenvalue weighted by Gasteiger charge is 2.40. The van der Waals surface area contributed by atoms with E-state index >= 15 is 0 Å². The molecule has 0 aliphatic carbocycles. The largest absolute Gasteiger partial charge is 0.388 e. The average Bonchev–Trinajstić information content (AvgIpc) is 2.84. The fourth-order valence-corrected chi connectivity index (χ4v) is 3.37. The average molecular weight is 400 g/mol. The molecule has 2 aliphatic heterocycles. The minimum atomic E-state index is -3.51. The van der Waals surface area contributed by atoms with Gasteiger partial charge in [0.25, 0.3) is 0 Å². The van der Waals surface area contributed by atoms with Crippen molar-refractivity contribution in [3.63, 3.8) is 0 Å². The number of halogens is 3. The first-order valence-electron chi connectivity index (χ1n) is 7.10. The van der Waals surface area contributed by atoms with Gasteiger partial charge < -0.3 is 10.2 Å². The van der Waals surface area contributed by atoms with E-state index < -0.39 is 15.8 Å². The molecule has 2 N–H and O–H groups in total. The van der Waals surface area contributed by atoms with Gasteiger partial charge in [-0.2, -0.15) is 0 Å². The summed E-state index contributed by atoms with van der Waals surface area (Å²) in [6.45, 7) is 1.77. The van der Waals surface area contributed by atoms with Gasteiger partial charge in [-0.05, 0) is 25.2 Å². The Bertz CT molecular complexity index is 722. The zero-order valence-corrected chi connectivity index (χ0v) is 15.5. The Kier molecular flexibility index (Phi) is 6.86. The molecule has 0 aromatic heterocycles. The van der Waals surface area contributed by atoms with Crippen LogP contribution in [0.3, 0.4) is 0 Å². The van der Waals surface area contributed by atoms with Gasteiger partial charge in [0.1, 0.15) is 11.4 Å². The minimum Gasteiger partial charge on any atom is -0.388 e. The number of oxime groups is 1. The van der Waals surface area contributed by atoms with Gasteiger partial charge in [-0.3, -0.25) is 4.72 Å². The number of nitrogens with zero attached hydrogens (tertiary/aromatic N) is 1. The zero-order chi connectivity index (χ0) is 15.8. The summed E-state index contributed by atoms with van der Waals surface area (Å²) in [4.78, 5) is 5.61. The highest BCUT2D eigenvalue weighted by molar-refractivity contribution is 7.92. The number of benzene rings is 1. The van der Waals surface area contributed by atoms with Crippen molar-refractivity contribution in [1.29, 1.82) is 0 Å². The van der Waals surface area contributed by atoms with Crippen LogP contribution >= 0.6 is 24.8 Å². The molecule has 136 valence electrons. The second-order valence-corrected chi connectivity index (χ2v) is 7.56. The fraction of sp³-hybridized carbons (Fsp3) is 0.500. The molecular weight excluding hydrogens is 380 g/mol. The highest BCUT2D eigenvalue weighted by atomic mass is 35.5. The first-order chi connectivity index (χ1) is 10.4. The van der Waals surface area contributed by atoms with E-state index in [0.717, 1.165) is 32.2 Å². The molecule has 24 heavy (non-hydrogen) atoms. The smallest absolute Gasteiger partial charge is 0.229 e. The van der Waals surface area contributed by atoms with E-state index in [0.29, 0.717) is 17.7 Å². The van der Waals surface area contributed by atoms with Gasteiger partial charge in [-0.15, -0.1) is 24.8 Å². The van der Waals surface area contributed by atoms with E-state index in [9.17, 15) is 12.8 Å². The maximum atomic E-state index is 14.0. The summed E-state index contributed by atoms with van der Waals surface area (Å²) < 4.78 is 38.5. The molecule has 0 radical (unpaired) electrons. The summed E-state index contributed by atoms with van der Waals surface area (Å²) in [5, 5.41) is 7.38. The van der Waals surface area contributed by atoms with Crippen molar-refractivity contribution in [2.75, 3.05) is 24.1 Å². The van der Waals surface area contributed by atoms with E-state index in [-0.39, 0.29) is 36.1 Å². The second kappa shape index (κ2) is 7.86. The lowest BCUT2D eigenvalue weighted by Gasteiger charge is -2.30. The number of rotatable bonds is 3. The molecular formula is C14H20Cl2FN3O3S. The molecule has 0 atom stereocenters. The summed E-state index contributed by atoms with van der Waals surface area (Å²) in [5.41, 5.74) is 0.974. The van der Waals surface area contributed by atoms with Crippen molar-refractivity contribution in [3.05, 3.63) is 29.6 Å². The lowest BCUT2D eigenvalue weighted by molar-refractivity contribution is -0.0400. The molecule has 0 bridgehead atoms. The highest BCUT2D eigenvalue weighted by Crippen LogP contribution is 2.34. The van der Waals surface area contributed by atoms with Gasteiger partial charge in [0.2, 0.25) is 10.0 Å². The Morgan fingerprint density at radius 2 is 1.96 bits per heavy atom. The first kappa shape index (κ1) is 21.0. The fourth-order valence-electron chi connectivity index (χ4n) is 2.80. The molecule has 1 aromatic carbocycles. The lowest BCUT2D eigenvalue weighted by Crippen LogP contribution is -2.42.